The molecule has 0 radical (unpaired) electrons. The molecule has 2 fully saturated rings. The van der Waals surface area contributed by atoms with Crippen molar-refractivity contribution in [3.8, 4) is 5.75 Å². The van der Waals surface area contributed by atoms with Crippen LogP contribution in [0.3, 0.4) is 0 Å². The summed E-state index contributed by atoms with van der Waals surface area (Å²) < 4.78 is 6.60. The molecule has 1 atom stereocenters. The molecule has 2 saturated heterocycles. The average Bonchev–Trinajstić information content (AvgIpc) is 2.90. The van der Waals surface area contributed by atoms with Crippen molar-refractivity contribution in [2.45, 2.75) is 38.6 Å². The predicted molar refractivity (Wildman–Crippen MR) is 143 cm³/mol. The van der Waals surface area contributed by atoms with Crippen molar-refractivity contribution in [2.24, 2.45) is 11.8 Å². The lowest BCUT2D eigenvalue weighted by atomic mass is 9.89. The molecule has 1 amide bonds. The third kappa shape index (κ3) is 8.86. The number of piperidine rings is 2. The van der Waals surface area contributed by atoms with Crippen molar-refractivity contribution < 1.29 is 29.3 Å². The normalized spacial score (nSPS) is 18.4. The van der Waals surface area contributed by atoms with Gasteiger partial charge in [0.25, 0.3) is 0 Å². The van der Waals surface area contributed by atoms with Gasteiger partial charge in [0, 0.05) is 36.2 Å². The van der Waals surface area contributed by atoms with Gasteiger partial charge >= 0.3 is 11.9 Å². The summed E-state index contributed by atoms with van der Waals surface area (Å²) in [7, 11) is 1.72. The number of aliphatic carboxylic acids is 2. The molecule has 2 aliphatic rings. The van der Waals surface area contributed by atoms with Crippen LogP contribution in [0.5, 0.6) is 5.75 Å². The molecule has 0 spiro atoms. The maximum absolute atomic E-state index is 13.3. The highest BCUT2D eigenvalue weighted by atomic mass is 79.9. The number of hydrogen-bond acceptors (Lipinski definition) is 5. The average molecular weight is 576 g/mol. The number of methoxy groups -OCH3 is 1. The van der Waals surface area contributed by atoms with Crippen molar-refractivity contribution in [3.63, 3.8) is 0 Å². The van der Waals surface area contributed by atoms with Crippen molar-refractivity contribution in [1.29, 1.82) is 0 Å². The van der Waals surface area contributed by atoms with Gasteiger partial charge in [-0.15, -0.1) is 0 Å². The van der Waals surface area contributed by atoms with E-state index in [1.54, 1.807) is 7.11 Å². The monoisotopic (exact) mass is 574 g/mol. The molecular formula is C28H35BrN2O6. The predicted octanol–water partition coefficient (Wildman–Crippen LogP) is 4.31. The summed E-state index contributed by atoms with van der Waals surface area (Å²) >= 11 is 3.57. The van der Waals surface area contributed by atoms with E-state index in [1.807, 2.05) is 12.1 Å². The number of carbonyl (C=O) groups is 3. The van der Waals surface area contributed by atoms with Crippen LogP contribution in [0.15, 0.2) is 53.0 Å². The Morgan fingerprint density at radius 2 is 1.65 bits per heavy atom. The summed E-state index contributed by atoms with van der Waals surface area (Å²) in [6.07, 6.45) is 5.46. The minimum absolute atomic E-state index is 0.123. The van der Waals surface area contributed by atoms with E-state index < -0.39 is 11.9 Å². The molecule has 1 unspecified atom stereocenters. The van der Waals surface area contributed by atoms with Crippen molar-refractivity contribution in [2.75, 3.05) is 33.3 Å². The van der Waals surface area contributed by atoms with E-state index in [1.165, 1.54) is 11.1 Å². The van der Waals surface area contributed by atoms with Gasteiger partial charge in [0.15, 0.2) is 0 Å². The highest BCUT2D eigenvalue weighted by Gasteiger charge is 2.31. The number of rotatable bonds is 6. The molecule has 0 saturated carbocycles. The summed E-state index contributed by atoms with van der Waals surface area (Å²) in [5.74, 6) is -1.55. The van der Waals surface area contributed by atoms with Crippen LogP contribution in [0.25, 0.3) is 0 Å². The topological polar surface area (TPSA) is 107 Å². The Morgan fingerprint density at radius 3 is 2.27 bits per heavy atom. The Labute approximate surface area is 226 Å². The smallest absolute Gasteiger partial charge is 0.414 e. The van der Waals surface area contributed by atoms with Crippen molar-refractivity contribution in [1.82, 2.24) is 9.80 Å². The number of halogens is 1. The Bertz CT molecular complexity index is 1040. The summed E-state index contributed by atoms with van der Waals surface area (Å²) in [5, 5.41) is 14.8. The molecule has 37 heavy (non-hydrogen) atoms. The fraction of sp³-hybridized carbons (Fsp3) is 0.464. The number of nitrogens with zero attached hydrogens (tertiary/aromatic N) is 2. The summed E-state index contributed by atoms with van der Waals surface area (Å²) in [5.41, 5.74) is 2.59. The van der Waals surface area contributed by atoms with Crippen molar-refractivity contribution >= 4 is 33.8 Å². The maximum Gasteiger partial charge on any atom is 0.414 e. The molecule has 0 aliphatic carbocycles. The van der Waals surface area contributed by atoms with Gasteiger partial charge in [-0.25, -0.2) is 9.59 Å². The first-order valence-corrected chi connectivity index (χ1v) is 13.4. The lowest BCUT2D eigenvalue weighted by Gasteiger charge is -2.38. The molecule has 4 rings (SSSR count). The fourth-order valence-corrected chi connectivity index (χ4v) is 5.48. The standard InChI is InChI=1S/C26H33BrN2O2.C2H2O4/c1-31-25-10-9-24(27)17-23(25)19-28-13-5-8-22(18-28)26(30)29-14-11-21(12-15-29)16-20-6-3-2-4-7-20;3-1(4)2(5)6/h2-4,6-7,9-10,17,21-22H,5,8,11-16,18-19H2,1H3;(H,3,4)(H,5,6). The van der Waals surface area contributed by atoms with Crippen LogP contribution in [0.1, 0.15) is 36.8 Å². The Hall–Kier alpha value is -2.91. The van der Waals surface area contributed by atoms with Crippen LogP contribution in [0.4, 0.5) is 0 Å². The fourth-order valence-electron chi connectivity index (χ4n) is 5.08. The van der Waals surface area contributed by atoms with E-state index in [0.29, 0.717) is 11.8 Å². The van der Waals surface area contributed by atoms with Gasteiger partial charge in [-0.2, -0.15) is 0 Å². The second-order valence-electron chi connectivity index (χ2n) is 9.60. The highest BCUT2D eigenvalue weighted by Crippen LogP contribution is 2.28. The molecule has 9 heteroatoms. The molecule has 8 nitrogen and oxygen atoms in total. The highest BCUT2D eigenvalue weighted by molar-refractivity contribution is 9.10. The lowest BCUT2D eigenvalue weighted by molar-refractivity contribution is -0.159. The van der Waals surface area contributed by atoms with E-state index in [2.05, 4.69) is 62.1 Å². The van der Waals surface area contributed by atoms with Gasteiger partial charge in [-0.05, 0) is 68.3 Å². The third-order valence-electron chi connectivity index (χ3n) is 6.97. The number of carbonyl (C=O) groups excluding carboxylic acids is 1. The minimum Gasteiger partial charge on any atom is -0.496 e. The number of hydrogen-bond donors (Lipinski definition) is 2. The van der Waals surface area contributed by atoms with Crippen LogP contribution < -0.4 is 4.74 Å². The first-order chi connectivity index (χ1) is 17.8. The van der Waals surface area contributed by atoms with Gasteiger partial charge in [0.1, 0.15) is 5.75 Å². The van der Waals surface area contributed by atoms with Gasteiger partial charge in [-0.3, -0.25) is 9.69 Å². The molecule has 2 heterocycles. The molecule has 2 aliphatic heterocycles. The van der Waals surface area contributed by atoms with E-state index in [0.717, 1.165) is 75.1 Å². The first-order valence-electron chi connectivity index (χ1n) is 12.6. The Balaban J connectivity index is 0.000000568. The minimum atomic E-state index is -1.82. The summed E-state index contributed by atoms with van der Waals surface area (Å²) in [6.45, 7) is 4.53. The number of ether oxygens (including phenoxy) is 1. The number of likely N-dealkylation sites (tertiary alicyclic amines) is 2. The zero-order valence-electron chi connectivity index (χ0n) is 21.1. The summed E-state index contributed by atoms with van der Waals surface area (Å²) in [6, 6.07) is 16.9. The second kappa shape index (κ2) is 14.1. The van der Waals surface area contributed by atoms with Crippen LogP contribution in [0, 0.1) is 11.8 Å². The van der Waals surface area contributed by atoms with E-state index in [-0.39, 0.29) is 5.92 Å². The van der Waals surface area contributed by atoms with E-state index in [4.69, 9.17) is 24.5 Å². The van der Waals surface area contributed by atoms with Crippen LogP contribution in [-0.2, 0) is 27.3 Å². The van der Waals surface area contributed by atoms with Gasteiger partial charge in [0.05, 0.1) is 13.0 Å². The van der Waals surface area contributed by atoms with Crippen LogP contribution >= 0.6 is 15.9 Å². The van der Waals surface area contributed by atoms with Crippen LogP contribution in [-0.4, -0.2) is 71.1 Å². The number of carboxylic acid groups (broad SMARTS) is 2. The second-order valence-corrected chi connectivity index (χ2v) is 10.5. The van der Waals surface area contributed by atoms with Gasteiger partial charge < -0.3 is 19.8 Å². The largest absolute Gasteiger partial charge is 0.496 e. The zero-order valence-corrected chi connectivity index (χ0v) is 22.7. The quantitative estimate of drug-likeness (QED) is 0.495. The van der Waals surface area contributed by atoms with E-state index in [9.17, 15) is 4.79 Å². The van der Waals surface area contributed by atoms with Gasteiger partial charge in [-0.1, -0.05) is 46.3 Å². The Kier molecular flexibility index (Phi) is 11.0. The molecular weight excluding hydrogens is 540 g/mol. The molecule has 2 N–H and O–H groups in total. The third-order valence-corrected chi connectivity index (χ3v) is 7.46. The zero-order chi connectivity index (χ0) is 26.8. The van der Waals surface area contributed by atoms with Gasteiger partial charge in [0.2, 0.25) is 5.91 Å². The van der Waals surface area contributed by atoms with E-state index >= 15 is 0 Å². The number of benzene rings is 2. The van der Waals surface area contributed by atoms with Crippen LogP contribution in [0.2, 0.25) is 0 Å². The number of carboxylic acids is 2. The lowest BCUT2D eigenvalue weighted by Crippen LogP contribution is -2.47. The van der Waals surface area contributed by atoms with Crippen molar-refractivity contribution in [3.05, 3.63) is 64.1 Å². The Morgan fingerprint density at radius 1 is 0.973 bits per heavy atom. The molecule has 0 bridgehead atoms. The first kappa shape index (κ1) is 28.7. The number of amides is 1. The molecule has 2 aromatic rings. The SMILES string of the molecule is COc1ccc(Br)cc1CN1CCCC(C(=O)N2CCC(Cc3ccccc3)CC2)C1.O=C(O)C(=O)O. The molecule has 200 valence electrons. The summed E-state index contributed by atoms with van der Waals surface area (Å²) in [4.78, 5) is 36.0. The maximum atomic E-state index is 13.3. The molecule has 2 aromatic carbocycles. The molecule has 0 aromatic heterocycles.